The van der Waals surface area contributed by atoms with E-state index in [9.17, 15) is 0 Å². The van der Waals surface area contributed by atoms with Crippen molar-refractivity contribution in [3.8, 4) is 0 Å². The molecule has 0 aromatic carbocycles. The van der Waals surface area contributed by atoms with E-state index in [-0.39, 0.29) is 0 Å². The maximum absolute atomic E-state index is 3.11. The van der Waals surface area contributed by atoms with Crippen LogP contribution < -0.4 is 5.32 Å². The highest BCUT2D eigenvalue weighted by Crippen LogP contribution is 2.11. The molecule has 0 fully saturated rings. The number of nitrogens with one attached hydrogen (secondary N) is 1. The molecule has 0 bridgehead atoms. The van der Waals surface area contributed by atoms with Gasteiger partial charge in [0.15, 0.2) is 0 Å². The molecule has 1 rings (SSSR count). The first kappa shape index (κ1) is 6.40. The average molecular weight is 123 g/mol. The molecule has 0 spiro atoms. The number of dihydropyridines is 1. The summed E-state index contributed by atoms with van der Waals surface area (Å²) in [6.45, 7) is 5.41. The van der Waals surface area contributed by atoms with Crippen LogP contribution in [0.5, 0.6) is 0 Å². The zero-order chi connectivity index (χ0) is 6.69. The van der Waals surface area contributed by atoms with Crippen LogP contribution in [0, 0.1) is 5.92 Å². The Bertz CT molecular complexity index is 143. The van der Waals surface area contributed by atoms with Gasteiger partial charge in [-0.15, -0.1) is 0 Å². The Hall–Kier alpha value is -0.720. The second-order valence-corrected chi connectivity index (χ2v) is 2.60. The predicted octanol–water partition coefficient (Wildman–Crippen LogP) is 1.69. The first-order valence-electron chi connectivity index (χ1n) is 3.40. The SMILES string of the molecule is CC(C)C1=CCNC=C1. The minimum Gasteiger partial charge on any atom is -0.387 e. The lowest BCUT2D eigenvalue weighted by atomic mass is 10.0. The van der Waals surface area contributed by atoms with Crippen molar-refractivity contribution in [1.29, 1.82) is 0 Å². The van der Waals surface area contributed by atoms with Crippen molar-refractivity contribution in [2.75, 3.05) is 6.54 Å². The summed E-state index contributed by atoms with van der Waals surface area (Å²) in [5.74, 6) is 0.670. The van der Waals surface area contributed by atoms with Gasteiger partial charge in [0.25, 0.3) is 0 Å². The van der Waals surface area contributed by atoms with Gasteiger partial charge in [0.1, 0.15) is 0 Å². The van der Waals surface area contributed by atoms with Crippen LogP contribution in [0.4, 0.5) is 0 Å². The van der Waals surface area contributed by atoms with Gasteiger partial charge in [-0.3, -0.25) is 0 Å². The molecule has 0 aliphatic carbocycles. The molecule has 0 aromatic heterocycles. The smallest absolute Gasteiger partial charge is 0.0331 e. The Kier molecular flexibility index (Phi) is 1.93. The molecule has 0 saturated heterocycles. The highest BCUT2D eigenvalue weighted by atomic mass is 14.8. The zero-order valence-electron chi connectivity index (χ0n) is 6.02. The third-order valence-corrected chi connectivity index (χ3v) is 1.52. The van der Waals surface area contributed by atoms with Gasteiger partial charge in [-0.2, -0.15) is 0 Å². The summed E-state index contributed by atoms with van der Waals surface area (Å²) in [7, 11) is 0. The molecule has 0 unspecified atom stereocenters. The van der Waals surface area contributed by atoms with Crippen molar-refractivity contribution in [1.82, 2.24) is 5.32 Å². The van der Waals surface area contributed by atoms with Crippen molar-refractivity contribution in [2.24, 2.45) is 5.92 Å². The molecule has 1 aliphatic rings. The number of allylic oxidation sites excluding steroid dienone is 2. The quantitative estimate of drug-likeness (QED) is 0.559. The Balaban J connectivity index is 2.58. The summed E-state index contributed by atoms with van der Waals surface area (Å²) in [6.07, 6.45) is 6.37. The first-order valence-corrected chi connectivity index (χ1v) is 3.40. The van der Waals surface area contributed by atoms with Gasteiger partial charge in [-0.1, -0.05) is 19.9 Å². The summed E-state index contributed by atoms with van der Waals surface area (Å²) in [5, 5.41) is 3.11. The van der Waals surface area contributed by atoms with Crippen LogP contribution >= 0.6 is 0 Å². The van der Waals surface area contributed by atoms with E-state index in [1.807, 2.05) is 6.20 Å². The van der Waals surface area contributed by atoms with Gasteiger partial charge in [0.05, 0.1) is 0 Å². The van der Waals surface area contributed by atoms with Gasteiger partial charge in [0.2, 0.25) is 0 Å². The van der Waals surface area contributed by atoms with E-state index in [0.717, 1.165) is 6.54 Å². The molecule has 1 heterocycles. The van der Waals surface area contributed by atoms with Crippen LogP contribution in [0.15, 0.2) is 23.9 Å². The molecular weight excluding hydrogens is 110 g/mol. The van der Waals surface area contributed by atoms with E-state index < -0.39 is 0 Å². The van der Waals surface area contributed by atoms with Crippen LogP contribution in [0.2, 0.25) is 0 Å². The number of rotatable bonds is 1. The zero-order valence-corrected chi connectivity index (χ0v) is 6.02. The minimum atomic E-state index is 0.670. The van der Waals surface area contributed by atoms with Crippen LogP contribution in [0.3, 0.4) is 0 Å². The van der Waals surface area contributed by atoms with Gasteiger partial charge >= 0.3 is 0 Å². The molecule has 1 aliphatic heterocycles. The monoisotopic (exact) mass is 123 g/mol. The van der Waals surface area contributed by atoms with Crippen molar-refractivity contribution in [3.05, 3.63) is 23.9 Å². The van der Waals surface area contributed by atoms with Gasteiger partial charge in [0, 0.05) is 6.54 Å². The molecule has 1 heteroatoms. The standard InChI is InChI=1S/C8H13N/c1-7(2)8-3-5-9-6-4-8/h3-5,7,9H,6H2,1-2H3. The fourth-order valence-corrected chi connectivity index (χ4v) is 0.896. The Morgan fingerprint density at radius 2 is 2.33 bits per heavy atom. The summed E-state index contributed by atoms with van der Waals surface area (Å²) < 4.78 is 0. The van der Waals surface area contributed by atoms with E-state index in [2.05, 4.69) is 31.3 Å². The Morgan fingerprint density at radius 1 is 1.56 bits per heavy atom. The predicted molar refractivity (Wildman–Crippen MR) is 40.1 cm³/mol. The van der Waals surface area contributed by atoms with Crippen LogP contribution in [0.1, 0.15) is 13.8 Å². The van der Waals surface area contributed by atoms with Crippen molar-refractivity contribution < 1.29 is 0 Å². The Labute approximate surface area is 56.5 Å². The summed E-state index contributed by atoms with van der Waals surface area (Å²) in [4.78, 5) is 0. The average Bonchev–Trinajstić information content (AvgIpc) is 1.90. The Morgan fingerprint density at radius 3 is 2.67 bits per heavy atom. The molecule has 0 aromatic rings. The first-order chi connectivity index (χ1) is 4.30. The third-order valence-electron chi connectivity index (χ3n) is 1.52. The van der Waals surface area contributed by atoms with E-state index in [4.69, 9.17) is 0 Å². The normalized spacial score (nSPS) is 17.4. The van der Waals surface area contributed by atoms with Crippen LogP contribution in [-0.2, 0) is 0 Å². The number of hydrogen-bond acceptors (Lipinski definition) is 1. The fourth-order valence-electron chi connectivity index (χ4n) is 0.896. The summed E-state index contributed by atoms with van der Waals surface area (Å²) in [6, 6.07) is 0. The maximum atomic E-state index is 3.11. The molecule has 0 atom stereocenters. The third kappa shape index (κ3) is 1.60. The minimum absolute atomic E-state index is 0.670. The van der Waals surface area contributed by atoms with Crippen LogP contribution in [-0.4, -0.2) is 6.54 Å². The molecule has 0 amide bonds. The van der Waals surface area contributed by atoms with E-state index in [0.29, 0.717) is 5.92 Å². The van der Waals surface area contributed by atoms with Crippen LogP contribution in [0.25, 0.3) is 0 Å². The largest absolute Gasteiger partial charge is 0.387 e. The molecule has 9 heavy (non-hydrogen) atoms. The second-order valence-electron chi connectivity index (χ2n) is 2.60. The second kappa shape index (κ2) is 2.72. The summed E-state index contributed by atoms with van der Waals surface area (Å²) >= 11 is 0. The van der Waals surface area contributed by atoms with Crippen molar-refractivity contribution in [3.63, 3.8) is 0 Å². The van der Waals surface area contributed by atoms with Gasteiger partial charge in [-0.25, -0.2) is 0 Å². The van der Waals surface area contributed by atoms with Crippen molar-refractivity contribution >= 4 is 0 Å². The lowest BCUT2D eigenvalue weighted by Crippen LogP contribution is -2.10. The lowest BCUT2D eigenvalue weighted by molar-refractivity contribution is 0.770. The molecule has 0 saturated carbocycles. The van der Waals surface area contributed by atoms with E-state index in [1.54, 1.807) is 0 Å². The fraction of sp³-hybridized carbons (Fsp3) is 0.500. The van der Waals surface area contributed by atoms with Gasteiger partial charge in [-0.05, 0) is 23.8 Å². The maximum Gasteiger partial charge on any atom is 0.0331 e. The van der Waals surface area contributed by atoms with E-state index in [1.165, 1.54) is 5.57 Å². The van der Waals surface area contributed by atoms with E-state index >= 15 is 0 Å². The van der Waals surface area contributed by atoms with Gasteiger partial charge < -0.3 is 5.32 Å². The lowest BCUT2D eigenvalue weighted by Gasteiger charge is -2.10. The topological polar surface area (TPSA) is 12.0 Å². The van der Waals surface area contributed by atoms with Crippen molar-refractivity contribution in [2.45, 2.75) is 13.8 Å². The highest BCUT2D eigenvalue weighted by molar-refractivity contribution is 5.23. The number of hydrogen-bond donors (Lipinski definition) is 1. The molecule has 0 radical (unpaired) electrons. The molecular formula is C8H13N. The summed E-state index contributed by atoms with van der Waals surface area (Å²) in [5.41, 5.74) is 1.44. The highest BCUT2D eigenvalue weighted by Gasteiger charge is 1.99. The molecule has 1 N–H and O–H groups in total. The molecule has 1 nitrogen and oxygen atoms in total. The molecule has 50 valence electrons.